The van der Waals surface area contributed by atoms with Gasteiger partial charge in [0.25, 0.3) is 0 Å². The SMILES string of the molecule is CCNc1nc(NCCOc2ccccc2)c2ncn(-c3ccccc3)c2n1. The Balaban J connectivity index is 1.57. The molecule has 0 aliphatic carbocycles. The molecule has 4 rings (SSSR count). The molecule has 2 aromatic heterocycles. The zero-order chi connectivity index (χ0) is 19.2. The first-order chi connectivity index (χ1) is 13.8. The van der Waals surface area contributed by atoms with Gasteiger partial charge in [0.2, 0.25) is 5.95 Å². The number of hydrogen-bond acceptors (Lipinski definition) is 6. The Labute approximate surface area is 163 Å². The number of nitrogens with zero attached hydrogens (tertiary/aromatic N) is 4. The van der Waals surface area contributed by atoms with E-state index < -0.39 is 0 Å². The maximum absolute atomic E-state index is 5.74. The quantitative estimate of drug-likeness (QED) is 0.458. The Morgan fingerprint density at radius 2 is 1.68 bits per heavy atom. The van der Waals surface area contributed by atoms with Gasteiger partial charge in [0.05, 0.1) is 6.54 Å². The standard InChI is InChI=1S/C21H22N6O/c1-2-22-21-25-19(23-13-14-28-17-11-7-4-8-12-17)18-20(26-21)27(15-24-18)16-9-5-3-6-10-16/h3-12,15H,2,13-14H2,1H3,(H2,22,23,25,26). The maximum atomic E-state index is 5.74. The molecule has 0 amide bonds. The number of benzene rings is 2. The Bertz CT molecular complexity index is 1030. The van der Waals surface area contributed by atoms with E-state index in [1.807, 2.05) is 72.2 Å². The summed E-state index contributed by atoms with van der Waals surface area (Å²) in [6.45, 7) is 3.88. The predicted octanol–water partition coefficient (Wildman–Crippen LogP) is 3.74. The lowest BCUT2D eigenvalue weighted by Crippen LogP contribution is -2.14. The lowest BCUT2D eigenvalue weighted by molar-refractivity contribution is 0.333. The third-order valence-electron chi connectivity index (χ3n) is 4.17. The fraction of sp³-hybridized carbons (Fsp3) is 0.190. The van der Waals surface area contributed by atoms with Crippen molar-refractivity contribution in [3.63, 3.8) is 0 Å². The summed E-state index contributed by atoms with van der Waals surface area (Å²) in [4.78, 5) is 13.8. The van der Waals surface area contributed by atoms with Crippen LogP contribution < -0.4 is 15.4 Å². The molecule has 0 atom stereocenters. The molecule has 7 nitrogen and oxygen atoms in total. The fourth-order valence-electron chi connectivity index (χ4n) is 2.89. The first-order valence-electron chi connectivity index (χ1n) is 9.31. The van der Waals surface area contributed by atoms with Crippen molar-refractivity contribution in [2.24, 2.45) is 0 Å². The molecule has 0 radical (unpaired) electrons. The average molecular weight is 374 g/mol. The molecule has 2 N–H and O–H groups in total. The van der Waals surface area contributed by atoms with Crippen molar-refractivity contribution in [1.82, 2.24) is 19.5 Å². The molecule has 0 aliphatic heterocycles. The van der Waals surface area contributed by atoms with E-state index in [9.17, 15) is 0 Å². The van der Waals surface area contributed by atoms with Crippen LogP contribution in [-0.2, 0) is 0 Å². The van der Waals surface area contributed by atoms with Crippen molar-refractivity contribution in [3.8, 4) is 11.4 Å². The highest BCUT2D eigenvalue weighted by Crippen LogP contribution is 2.23. The van der Waals surface area contributed by atoms with Crippen LogP contribution >= 0.6 is 0 Å². The minimum absolute atomic E-state index is 0.519. The molecular weight excluding hydrogens is 352 g/mol. The number of aromatic nitrogens is 4. The van der Waals surface area contributed by atoms with Crippen LogP contribution in [0.15, 0.2) is 67.0 Å². The van der Waals surface area contributed by atoms with Crippen molar-refractivity contribution >= 4 is 22.9 Å². The number of fused-ring (bicyclic) bond motifs is 1. The number of rotatable bonds is 8. The Morgan fingerprint density at radius 3 is 2.43 bits per heavy atom. The average Bonchev–Trinajstić information content (AvgIpc) is 3.17. The van der Waals surface area contributed by atoms with Crippen LogP contribution in [0.4, 0.5) is 11.8 Å². The molecule has 2 aromatic carbocycles. The summed E-state index contributed by atoms with van der Waals surface area (Å²) in [6.07, 6.45) is 1.77. The van der Waals surface area contributed by atoms with Crippen molar-refractivity contribution < 1.29 is 4.74 Å². The predicted molar refractivity (Wildman–Crippen MR) is 111 cm³/mol. The first-order valence-corrected chi connectivity index (χ1v) is 9.31. The van der Waals surface area contributed by atoms with Crippen LogP contribution in [0.1, 0.15) is 6.92 Å². The minimum atomic E-state index is 0.519. The van der Waals surface area contributed by atoms with Crippen LogP contribution in [0, 0.1) is 0 Å². The van der Waals surface area contributed by atoms with E-state index in [1.165, 1.54) is 0 Å². The fourth-order valence-corrected chi connectivity index (χ4v) is 2.89. The summed E-state index contributed by atoms with van der Waals surface area (Å²) in [6, 6.07) is 19.8. The van der Waals surface area contributed by atoms with Gasteiger partial charge in [0, 0.05) is 12.2 Å². The highest BCUT2D eigenvalue weighted by atomic mass is 16.5. The van der Waals surface area contributed by atoms with Gasteiger partial charge in [-0.15, -0.1) is 0 Å². The van der Waals surface area contributed by atoms with Gasteiger partial charge in [0.15, 0.2) is 17.0 Å². The van der Waals surface area contributed by atoms with Gasteiger partial charge in [-0.2, -0.15) is 9.97 Å². The second-order valence-electron chi connectivity index (χ2n) is 6.14. The van der Waals surface area contributed by atoms with Gasteiger partial charge in [-0.05, 0) is 31.2 Å². The summed E-state index contributed by atoms with van der Waals surface area (Å²) < 4.78 is 7.71. The van der Waals surface area contributed by atoms with Gasteiger partial charge in [-0.25, -0.2) is 4.98 Å². The molecule has 0 saturated heterocycles. The molecule has 4 aromatic rings. The van der Waals surface area contributed by atoms with E-state index in [4.69, 9.17) is 4.74 Å². The molecule has 7 heteroatoms. The Hall–Kier alpha value is -3.61. The number of anilines is 2. The zero-order valence-corrected chi connectivity index (χ0v) is 15.7. The largest absolute Gasteiger partial charge is 0.492 e. The highest BCUT2D eigenvalue weighted by molar-refractivity contribution is 5.85. The molecule has 142 valence electrons. The highest BCUT2D eigenvalue weighted by Gasteiger charge is 2.14. The van der Waals surface area contributed by atoms with Gasteiger partial charge in [-0.3, -0.25) is 4.57 Å². The molecule has 0 unspecified atom stereocenters. The summed E-state index contributed by atoms with van der Waals surface area (Å²) in [5.74, 6) is 2.10. The molecule has 0 fully saturated rings. The summed E-state index contributed by atoms with van der Waals surface area (Å²) in [7, 11) is 0. The number of nitrogens with one attached hydrogen (secondary N) is 2. The summed E-state index contributed by atoms with van der Waals surface area (Å²) in [5, 5.41) is 6.52. The normalized spacial score (nSPS) is 10.8. The smallest absolute Gasteiger partial charge is 0.226 e. The van der Waals surface area contributed by atoms with Gasteiger partial charge < -0.3 is 15.4 Å². The second-order valence-corrected chi connectivity index (χ2v) is 6.14. The Kier molecular flexibility index (Phi) is 5.33. The lowest BCUT2D eigenvalue weighted by Gasteiger charge is -2.11. The summed E-state index contributed by atoms with van der Waals surface area (Å²) >= 11 is 0. The van der Waals surface area contributed by atoms with Crippen LogP contribution in [0.5, 0.6) is 5.75 Å². The second kappa shape index (κ2) is 8.39. The zero-order valence-electron chi connectivity index (χ0n) is 15.7. The minimum Gasteiger partial charge on any atom is -0.492 e. The number of para-hydroxylation sites is 2. The van der Waals surface area contributed by atoms with E-state index in [-0.39, 0.29) is 0 Å². The molecule has 0 aliphatic rings. The molecule has 0 bridgehead atoms. The van der Waals surface area contributed by atoms with Crippen LogP contribution in [0.25, 0.3) is 16.9 Å². The van der Waals surface area contributed by atoms with E-state index in [2.05, 4.69) is 25.6 Å². The molecule has 0 saturated carbocycles. The third-order valence-corrected chi connectivity index (χ3v) is 4.17. The summed E-state index contributed by atoms with van der Waals surface area (Å²) in [5.41, 5.74) is 2.48. The van der Waals surface area contributed by atoms with E-state index in [1.54, 1.807) is 6.33 Å². The Morgan fingerprint density at radius 1 is 0.929 bits per heavy atom. The number of imidazole rings is 1. The lowest BCUT2D eigenvalue weighted by atomic mass is 10.3. The van der Waals surface area contributed by atoms with Gasteiger partial charge in [-0.1, -0.05) is 36.4 Å². The van der Waals surface area contributed by atoms with Crippen molar-refractivity contribution in [1.29, 1.82) is 0 Å². The first kappa shape index (κ1) is 17.8. The van der Waals surface area contributed by atoms with E-state index in [0.29, 0.717) is 24.9 Å². The van der Waals surface area contributed by atoms with Crippen molar-refractivity contribution in [2.45, 2.75) is 6.92 Å². The number of ether oxygens (including phenoxy) is 1. The van der Waals surface area contributed by atoms with Crippen LogP contribution in [0.2, 0.25) is 0 Å². The van der Waals surface area contributed by atoms with Crippen LogP contribution in [-0.4, -0.2) is 39.2 Å². The van der Waals surface area contributed by atoms with Crippen molar-refractivity contribution in [3.05, 3.63) is 67.0 Å². The molecular formula is C21H22N6O. The molecule has 0 spiro atoms. The molecule has 28 heavy (non-hydrogen) atoms. The topological polar surface area (TPSA) is 76.9 Å². The van der Waals surface area contributed by atoms with Crippen LogP contribution in [0.3, 0.4) is 0 Å². The third kappa shape index (κ3) is 3.88. The number of hydrogen-bond donors (Lipinski definition) is 2. The monoisotopic (exact) mass is 374 g/mol. The van der Waals surface area contributed by atoms with E-state index in [0.717, 1.165) is 29.1 Å². The van der Waals surface area contributed by atoms with E-state index >= 15 is 0 Å². The maximum Gasteiger partial charge on any atom is 0.226 e. The van der Waals surface area contributed by atoms with Gasteiger partial charge >= 0.3 is 0 Å². The van der Waals surface area contributed by atoms with Crippen molar-refractivity contribution in [2.75, 3.05) is 30.3 Å². The van der Waals surface area contributed by atoms with Gasteiger partial charge in [0.1, 0.15) is 18.7 Å². The molecule has 2 heterocycles.